The maximum Gasteiger partial charge on any atom is 0.245 e. The Morgan fingerprint density at radius 2 is 0.844 bits per heavy atom. The number of aliphatic hydroxyl groups excluding tert-OH is 11. The highest BCUT2D eigenvalue weighted by molar-refractivity contribution is 7.88. The molecule has 4 aromatic rings. The van der Waals surface area contributed by atoms with Crippen LogP contribution in [0, 0.1) is 48.1 Å². The highest BCUT2D eigenvalue weighted by Crippen LogP contribution is 2.31. The number of nitrogens with zero attached hydrogens (tertiary/aromatic N) is 4. The number of halogens is 10. The van der Waals surface area contributed by atoms with Crippen LogP contribution in [0.5, 0.6) is 5.75 Å². The van der Waals surface area contributed by atoms with Gasteiger partial charge in [0.2, 0.25) is 35.7 Å². The summed E-state index contributed by atoms with van der Waals surface area (Å²) in [6, 6.07) is 26.4. The van der Waals surface area contributed by atoms with E-state index in [4.69, 9.17) is 4.74 Å². The second-order valence-corrected chi connectivity index (χ2v) is 25.2. The van der Waals surface area contributed by atoms with Crippen molar-refractivity contribution in [2.24, 2.45) is 29.6 Å². The summed E-state index contributed by atoms with van der Waals surface area (Å²) in [7, 11) is -2.06. The van der Waals surface area contributed by atoms with Gasteiger partial charge >= 0.3 is 0 Å². The number of sulfonamides is 1. The van der Waals surface area contributed by atoms with E-state index in [2.05, 4.69) is 5.32 Å². The Balaban J connectivity index is 0.000000205. The first-order chi connectivity index (χ1) is 42.3. The number of aliphatic hydroxyl groups is 11. The Kier molecular flexibility index (Phi) is 30.0. The van der Waals surface area contributed by atoms with E-state index < -0.39 is 139 Å². The summed E-state index contributed by atoms with van der Waals surface area (Å²) in [5.41, 5.74) is 4.39. The number of methoxy groups -OCH3 is 1. The highest BCUT2D eigenvalue weighted by atomic mass is 32.2. The van der Waals surface area contributed by atoms with Crippen molar-refractivity contribution in [1.82, 2.24) is 24.3 Å². The zero-order valence-corrected chi connectivity index (χ0v) is 50.4. The van der Waals surface area contributed by atoms with Crippen LogP contribution in [-0.4, -0.2) is 249 Å². The van der Waals surface area contributed by atoms with E-state index in [0.717, 1.165) is 32.8 Å². The van der Waals surface area contributed by atoms with Gasteiger partial charge in [0, 0.05) is 91.0 Å². The fraction of sp³-hybridized carbons (Fsp3) is 0.600. The van der Waals surface area contributed by atoms with Gasteiger partial charge in [-0.25, -0.2) is 52.3 Å². The Morgan fingerprint density at radius 3 is 1.24 bits per heavy atom. The molecule has 5 aliphatic heterocycles. The molecule has 0 aliphatic carbocycles. The first-order valence-corrected chi connectivity index (χ1v) is 30.8. The topological polar surface area (TPSA) is 291 Å². The van der Waals surface area contributed by atoms with Gasteiger partial charge in [0.05, 0.1) is 104 Å². The normalized spacial score (nSPS) is 30.0. The van der Waals surface area contributed by atoms with Gasteiger partial charge in [-0.1, -0.05) is 66.2 Å². The van der Waals surface area contributed by atoms with Crippen molar-refractivity contribution in [3.8, 4) is 5.75 Å². The van der Waals surface area contributed by atoms with Crippen LogP contribution in [0.4, 0.5) is 43.9 Å². The number of ether oxygens (including phenoxy) is 1. The minimum atomic E-state index is -3.62. The zero-order chi connectivity index (χ0) is 66.9. The number of benzene rings is 4. The maximum atomic E-state index is 12.9. The summed E-state index contributed by atoms with van der Waals surface area (Å²) in [5.74, 6) is -5.73. The third kappa shape index (κ3) is 22.8. The second-order valence-electron chi connectivity index (χ2n) is 23.2. The van der Waals surface area contributed by atoms with Crippen LogP contribution in [0.25, 0.3) is 0 Å². The quantitative estimate of drug-likeness (QED) is 0.0808. The van der Waals surface area contributed by atoms with Gasteiger partial charge in [-0.05, 0) is 65.6 Å². The smallest absolute Gasteiger partial charge is 0.245 e. The molecule has 5 saturated heterocycles. The minimum absolute atomic E-state index is 0.00721. The van der Waals surface area contributed by atoms with Crippen molar-refractivity contribution >= 4 is 10.0 Å². The van der Waals surface area contributed by atoms with E-state index in [1.807, 2.05) is 49.4 Å². The first-order valence-electron chi connectivity index (χ1n) is 28.9. The molecule has 0 saturated carbocycles. The molecule has 9 rings (SSSR count). The summed E-state index contributed by atoms with van der Waals surface area (Å²) in [5, 5.41) is 108. The van der Waals surface area contributed by atoms with E-state index in [1.54, 1.807) is 40.0 Å². The molecule has 0 amide bonds. The Bertz CT molecular complexity index is 2760. The van der Waals surface area contributed by atoms with Crippen molar-refractivity contribution in [2.75, 3.05) is 78.8 Å². The van der Waals surface area contributed by atoms with Gasteiger partial charge in [0.25, 0.3) is 0 Å². The SMILES string of the molecule is COc1cccc(CN2C[C@@H](O)[C@H](O)[C@@H](C(F)F)C2)c1.CS(=O)(=O)N1C[C@@H](O)[C@H](O)[C@@H](C(F)F)C1.Cc1ccc(CN2C[C@@H](O)[C@H](O)[C@@H](C(F)F)C2)cc1.OC(c1ccc(F)cc1)[C@H]1CNC[C@@H](O)[C@@H]1O.O[C@H]1[C@H](O)CN(Cc2ccc(F)cc2)C[C@@H]1C(F)F. The predicted molar refractivity (Wildman–Crippen MR) is 309 cm³/mol. The summed E-state index contributed by atoms with van der Waals surface area (Å²) in [4.78, 5) is 5.13. The van der Waals surface area contributed by atoms with Crippen LogP contribution in [0.3, 0.4) is 0 Å². The number of likely N-dealkylation sites (tertiary alicyclic amines) is 3. The average Bonchev–Trinajstić information content (AvgIpc) is 1.99. The summed E-state index contributed by atoms with van der Waals surface area (Å²) in [6.45, 7) is 3.89. The predicted octanol–water partition coefficient (Wildman–Crippen LogP) is 2.44. The minimum Gasteiger partial charge on any atom is -0.497 e. The van der Waals surface area contributed by atoms with Gasteiger partial charge in [-0.15, -0.1) is 0 Å². The molecule has 90 heavy (non-hydrogen) atoms. The van der Waals surface area contributed by atoms with Crippen LogP contribution in [0.2, 0.25) is 0 Å². The third-order valence-electron chi connectivity index (χ3n) is 16.2. The lowest BCUT2D eigenvalue weighted by molar-refractivity contribution is -0.118. The van der Waals surface area contributed by atoms with E-state index in [1.165, 1.54) is 36.4 Å². The molecule has 5 aliphatic rings. The van der Waals surface area contributed by atoms with Crippen LogP contribution in [0.1, 0.15) is 33.9 Å². The fourth-order valence-electron chi connectivity index (χ4n) is 11.0. The number of β-amino-alcohol motifs (C(OH)–C–C–N with tert-alkyl or cyclic N) is 5. The Labute approximate surface area is 516 Å². The lowest BCUT2D eigenvalue weighted by Crippen LogP contribution is -2.55. The Morgan fingerprint density at radius 1 is 0.478 bits per heavy atom. The Hall–Kier alpha value is -4.71. The van der Waals surface area contributed by atoms with E-state index in [-0.39, 0.29) is 57.4 Å². The highest BCUT2D eigenvalue weighted by Gasteiger charge is 2.44. The number of nitrogens with one attached hydrogen (secondary N) is 1. The molecule has 508 valence electrons. The molecule has 0 bridgehead atoms. The molecule has 5 fully saturated rings. The van der Waals surface area contributed by atoms with Crippen LogP contribution in [0.15, 0.2) is 97.1 Å². The second kappa shape index (κ2) is 35.5. The lowest BCUT2D eigenvalue weighted by atomic mass is 9.86. The first kappa shape index (κ1) is 76.0. The maximum absolute atomic E-state index is 12.9. The van der Waals surface area contributed by atoms with E-state index in [0.29, 0.717) is 44.0 Å². The molecule has 30 heteroatoms. The molecule has 12 N–H and O–H groups in total. The molecule has 0 aromatic heterocycles. The molecular formula is C60H83F10N5O14S. The number of aryl methyl sites for hydroxylation is 1. The summed E-state index contributed by atoms with van der Waals surface area (Å²) < 4.78 is 155. The molecule has 1 unspecified atom stereocenters. The summed E-state index contributed by atoms with van der Waals surface area (Å²) in [6.07, 6.45) is -23.3. The lowest BCUT2D eigenvalue weighted by Gasteiger charge is -2.38. The van der Waals surface area contributed by atoms with Crippen LogP contribution >= 0.6 is 0 Å². The van der Waals surface area contributed by atoms with E-state index in [9.17, 15) is 108 Å². The molecule has 16 atom stereocenters. The van der Waals surface area contributed by atoms with Crippen molar-refractivity contribution in [3.63, 3.8) is 0 Å². The fourth-order valence-corrected chi connectivity index (χ4v) is 11.8. The largest absolute Gasteiger partial charge is 0.497 e. The molecule has 19 nitrogen and oxygen atoms in total. The molecule has 0 radical (unpaired) electrons. The van der Waals surface area contributed by atoms with E-state index >= 15 is 0 Å². The van der Waals surface area contributed by atoms with Crippen LogP contribution < -0.4 is 10.1 Å². The van der Waals surface area contributed by atoms with Crippen molar-refractivity contribution in [3.05, 3.63) is 137 Å². The van der Waals surface area contributed by atoms with Crippen LogP contribution in [-0.2, 0) is 29.7 Å². The van der Waals surface area contributed by atoms with Gasteiger partial charge in [0.1, 0.15) is 17.4 Å². The number of alkyl halides is 8. The molecule has 4 aromatic carbocycles. The third-order valence-corrected chi connectivity index (χ3v) is 17.4. The monoisotopic (exact) mass is 1320 g/mol. The zero-order valence-electron chi connectivity index (χ0n) is 49.6. The summed E-state index contributed by atoms with van der Waals surface area (Å²) >= 11 is 0. The molecular weight excluding hydrogens is 1240 g/mol. The van der Waals surface area contributed by atoms with Gasteiger partial charge in [-0.3, -0.25) is 14.7 Å². The number of piperidine rings is 5. The standard InChI is InChI=1S/C14H19F2NO3.C14H19F2NO2.C13H16F3NO2.C12H16FNO3.C7H13F2NO4S/c1-20-10-4-2-3-9(5-10)6-17-7-11(14(15)16)13(19)12(18)8-17;1-9-2-4-10(5-3-9)6-17-7-11(14(15)16)13(19)12(18)8-17;14-9-3-1-8(2-4-9)5-17-6-10(13(15)16)12(19)11(18)7-17;13-8-3-1-7(2-4-8)11(16)9-5-14-6-10(15)12(9)17;1-15(13,14)10-2-4(7(8)9)6(12)5(11)3-10/h2-5,11-14,18-19H,6-8H2,1H3;2-5,11-14,18-19H,6-8H2,1H3;1-4,10-13,18-19H,5-7H2;1-4,9-12,14-17H,5-6H2;4-7,11-12H,2-3H2,1H3/t2*11-,12+,13+;10-,11+,12+;9-,10-,11?,12-;4-,5+,6+/m00010/s1. The van der Waals surface area contributed by atoms with Crippen molar-refractivity contribution < 1.29 is 113 Å². The van der Waals surface area contributed by atoms with Gasteiger partial charge < -0.3 is 66.2 Å². The number of hydrogen-bond acceptors (Lipinski definition) is 18. The number of rotatable bonds is 14. The number of hydrogen-bond donors (Lipinski definition) is 12. The van der Waals surface area contributed by atoms with Crippen molar-refractivity contribution in [2.45, 2.75) is 119 Å². The molecule has 0 spiro atoms. The van der Waals surface area contributed by atoms with Gasteiger partial charge in [0.15, 0.2) is 0 Å². The molecule has 5 heterocycles. The average molecular weight is 1320 g/mol. The van der Waals surface area contributed by atoms with Crippen molar-refractivity contribution in [1.29, 1.82) is 0 Å². The van der Waals surface area contributed by atoms with Gasteiger partial charge in [-0.2, -0.15) is 4.31 Å².